The predicted molar refractivity (Wildman–Crippen MR) is 55.9 cm³/mol. The number of carbonyl (C=O) groups is 1. The quantitative estimate of drug-likeness (QED) is 0.722. The fourth-order valence-electron chi connectivity index (χ4n) is 1.78. The number of rotatable bonds is 5. The second-order valence-corrected chi connectivity index (χ2v) is 3.97. The van der Waals surface area contributed by atoms with E-state index in [1.54, 1.807) is 6.08 Å². The van der Waals surface area contributed by atoms with Crippen LogP contribution in [0.3, 0.4) is 0 Å². The minimum atomic E-state index is 0.213. The number of carbonyl (C=O) groups excluding carboxylic acids is 1. The molecule has 0 radical (unpaired) electrons. The minimum absolute atomic E-state index is 0.213. The highest BCUT2D eigenvalue weighted by Crippen LogP contribution is 2.21. The van der Waals surface area contributed by atoms with Gasteiger partial charge in [-0.3, -0.25) is 4.79 Å². The van der Waals surface area contributed by atoms with Gasteiger partial charge in [0.1, 0.15) is 0 Å². The van der Waals surface area contributed by atoms with Crippen LogP contribution < -0.4 is 0 Å². The van der Waals surface area contributed by atoms with Crippen LogP contribution in [0.2, 0.25) is 0 Å². The lowest BCUT2D eigenvalue weighted by Gasteiger charge is -2.29. The standard InChI is InChI=1S/C11H19NO2/c1-9(2)12(6-3-7-13)10-4-5-11(14)8-10/h8-9,13H,3-7H2,1-2H3. The molecule has 0 aliphatic heterocycles. The van der Waals surface area contributed by atoms with Gasteiger partial charge in [-0.15, -0.1) is 0 Å². The predicted octanol–water partition coefficient (Wildman–Crippen LogP) is 1.33. The molecule has 0 atom stereocenters. The van der Waals surface area contributed by atoms with E-state index in [9.17, 15) is 4.79 Å². The molecule has 14 heavy (non-hydrogen) atoms. The lowest BCUT2D eigenvalue weighted by molar-refractivity contribution is -0.114. The van der Waals surface area contributed by atoms with E-state index in [0.29, 0.717) is 12.5 Å². The Morgan fingerprint density at radius 1 is 1.50 bits per heavy atom. The number of hydrogen-bond acceptors (Lipinski definition) is 3. The third-order valence-corrected chi connectivity index (χ3v) is 2.50. The molecule has 0 saturated carbocycles. The van der Waals surface area contributed by atoms with Crippen molar-refractivity contribution in [3.63, 3.8) is 0 Å². The summed E-state index contributed by atoms with van der Waals surface area (Å²) in [7, 11) is 0. The minimum Gasteiger partial charge on any atom is -0.396 e. The molecule has 0 aromatic rings. The molecule has 1 rings (SSSR count). The molecule has 0 fully saturated rings. The summed E-state index contributed by atoms with van der Waals surface area (Å²) in [5.41, 5.74) is 1.14. The number of allylic oxidation sites excluding steroid dienone is 2. The molecule has 0 saturated heterocycles. The van der Waals surface area contributed by atoms with Gasteiger partial charge < -0.3 is 10.0 Å². The molecule has 1 N–H and O–H groups in total. The Morgan fingerprint density at radius 2 is 2.21 bits per heavy atom. The smallest absolute Gasteiger partial charge is 0.157 e. The van der Waals surface area contributed by atoms with Crippen LogP contribution in [-0.2, 0) is 4.79 Å². The lowest BCUT2D eigenvalue weighted by Crippen LogP contribution is -2.31. The van der Waals surface area contributed by atoms with Crippen LogP contribution in [0, 0.1) is 0 Å². The van der Waals surface area contributed by atoms with E-state index in [4.69, 9.17) is 5.11 Å². The molecule has 0 bridgehead atoms. The molecular formula is C11H19NO2. The summed E-state index contributed by atoms with van der Waals surface area (Å²) in [5, 5.41) is 8.78. The van der Waals surface area contributed by atoms with Crippen molar-refractivity contribution >= 4 is 5.78 Å². The average Bonchev–Trinajstić information content (AvgIpc) is 2.52. The maximum absolute atomic E-state index is 11.1. The van der Waals surface area contributed by atoms with E-state index in [0.717, 1.165) is 25.1 Å². The first-order chi connectivity index (χ1) is 6.65. The third-order valence-electron chi connectivity index (χ3n) is 2.50. The van der Waals surface area contributed by atoms with Crippen molar-refractivity contribution in [1.29, 1.82) is 0 Å². The number of nitrogens with zero attached hydrogens (tertiary/aromatic N) is 1. The van der Waals surface area contributed by atoms with Crippen LogP contribution in [0.1, 0.15) is 33.1 Å². The van der Waals surface area contributed by atoms with E-state index < -0.39 is 0 Å². The molecule has 0 spiro atoms. The van der Waals surface area contributed by atoms with Gasteiger partial charge in [0.25, 0.3) is 0 Å². The maximum atomic E-state index is 11.1. The zero-order valence-corrected chi connectivity index (χ0v) is 8.99. The highest BCUT2D eigenvalue weighted by Gasteiger charge is 2.19. The second-order valence-electron chi connectivity index (χ2n) is 3.97. The molecule has 0 amide bonds. The van der Waals surface area contributed by atoms with Crippen LogP contribution >= 0.6 is 0 Å². The molecule has 0 unspecified atom stereocenters. The van der Waals surface area contributed by atoms with Crippen LogP contribution in [0.25, 0.3) is 0 Å². The molecule has 0 aromatic carbocycles. The monoisotopic (exact) mass is 197 g/mol. The molecule has 0 heterocycles. The van der Waals surface area contributed by atoms with Crippen molar-refractivity contribution in [2.75, 3.05) is 13.2 Å². The lowest BCUT2D eigenvalue weighted by atomic mass is 10.2. The first-order valence-electron chi connectivity index (χ1n) is 5.26. The van der Waals surface area contributed by atoms with Gasteiger partial charge in [0, 0.05) is 37.4 Å². The van der Waals surface area contributed by atoms with Gasteiger partial charge in [-0.1, -0.05) is 0 Å². The van der Waals surface area contributed by atoms with Crippen molar-refractivity contribution in [2.24, 2.45) is 0 Å². The zero-order valence-electron chi connectivity index (χ0n) is 8.99. The summed E-state index contributed by atoms with van der Waals surface area (Å²) in [4.78, 5) is 13.3. The van der Waals surface area contributed by atoms with E-state index in [2.05, 4.69) is 18.7 Å². The van der Waals surface area contributed by atoms with Crippen molar-refractivity contribution in [1.82, 2.24) is 4.90 Å². The summed E-state index contributed by atoms with van der Waals surface area (Å²) < 4.78 is 0. The summed E-state index contributed by atoms with van der Waals surface area (Å²) in [6.45, 7) is 5.28. The molecular weight excluding hydrogens is 178 g/mol. The summed E-state index contributed by atoms with van der Waals surface area (Å²) >= 11 is 0. The zero-order chi connectivity index (χ0) is 10.6. The Morgan fingerprint density at radius 3 is 2.64 bits per heavy atom. The number of hydrogen-bond donors (Lipinski definition) is 1. The Kier molecular flexibility index (Phi) is 4.14. The van der Waals surface area contributed by atoms with Gasteiger partial charge in [0.2, 0.25) is 0 Å². The highest BCUT2D eigenvalue weighted by atomic mass is 16.3. The van der Waals surface area contributed by atoms with Gasteiger partial charge in [-0.2, -0.15) is 0 Å². The fourth-order valence-corrected chi connectivity index (χ4v) is 1.78. The van der Waals surface area contributed by atoms with Crippen LogP contribution in [0.4, 0.5) is 0 Å². The number of aliphatic hydroxyl groups excluding tert-OH is 1. The fraction of sp³-hybridized carbons (Fsp3) is 0.727. The van der Waals surface area contributed by atoms with Crippen LogP contribution in [0.5, 0.6) is 0 Å². The molecule has 80 valence electrons. The van der Waals surface area contributed by atoms with Crippen molar-refractivity contribution in [2.45, 2.75) is 39.2 Å². The topological polar surface area (TPSA) is 40.5 Å². The third kappa shape index (κ3) is 2.84. The maximum Gasteiger partial charge on any atom is 0.157 e. The normalized spacial score (nSPS) is 16.3. The Labute approximate surface area is 85.4 Å². The Bertz CT molecular complexity index is 233. The van der Waals surface area contributed by atoms with E-state index in [-0.39, 0.29) is 12.4 Å². The Hall–Kier alpha value is -0.830. The largest absolute Gasteiger partial charge is 0.396 e. The summed E-state index contributed by atoms with van der Waals surface area (Å²) in [6, 6.07) is 0.402. The molecule has 3 heteroatoms. The molecule has 1 aliphatic rings. The van der Waals surface area contributed by atoms with Gasteiger partial charge in [0.15, 0.2) is 5.78 Å². The highest BCUT2D eigenvalue weighted by molar-refractivity contribution is 5.92. The second kappa shape index (κ2) is 5.15. The summed E-state index contributed by atoms with van der Waals surface area (Å²) in [5.74, 6) is 0.231. The first kappa shape index (κ1) is 11.2. The van der Waals surface area contributed by atoms with Gasteiger partial charge in [-0.25, -0.2) is 0 Å². The van der Waals surface area contributed by atoms with E-state index in [1.165, 1.54) is 0 Å². The summed E-state index contributed by atoms with van der Waals surface area (Å²) in [6.07, 6.45) is 4.03. The molecule has 3 nitrogen and oxygen atoms in total. The van der Waals surface area contributed by atoms with Gasteiger partial charge >= 0.3 is 0 Å². The number of ketones is 1. The van der Waals surface area contributed by atoms with Gasteiger partial charge in [0.05, 0.1) is 0 Å². The van der Waals surface area contributed by atoms with Gasteiger partial charge in [-0.05, 0) is 26.7 Å². The van der Waals surface area contributed by atoms with E-state index in [1.807, 2.05) is 0 Å². The van der Waals surface area contributed by atoms with Crippen molar-refractivity contribution in [3.05, 3.63) is 11.8 Å². The molecule has 1 aliphatic carbocycles. The first-order valence-corrected chi connectivity index (χ1v) is 5.26. The average molecular weight is 197 g/mol. The van der Waals surface area contributed by atoms with Crippen molar-refractivity contribution < 1.29 is 9.90 Å². The SMILES string of the molecule is CC(C)N(CCCO)C1=CC(=O)CC1. The van der Waals surface area contributed by atoms with Crippen LogP contribution in [0.15, 0.2) is 11.8 Å². The number of aliphatic hydroxyl groups is 1. The van der Waals surface area contributed by atoms with Crippen molar-refractivity contribution in [3.8, 4) is 0 Å². The molecule has 0 aromatic heterocycles. The van der Waals surface area contributed by atoms with E-state index >= 15 is 0 Å². The Balaban J connectivity index is 2.58. The van der Waals surface area contributed by atoms with Crippen LogP contribution in [-0.4, -0.2) is 35.0 Å².